The Balaban J connectivity index is 1.84. The molecule has 1 saturated carbocycles. The van der Waals surface area contributed by atoms with Gasteiger partial charge in [-0.1, -0.05) is 24.6 Å². The van der Waals surface area contributed by atoms with Gasteiger partial charge < -0.3 is 5.32 Å². The molecule has 1 saturated heterocycles. The Kier molecular flexibility index (Phi) is 3.55. The molecule has 0 bridgehead atoms. The maximum absolute atomic E-state index is 13.3. The molecule has 3 heterocycles. The second-order valence-corrected chi connectivity index (χ2v) is 7.36. The number of nitrogens with zero attached hydrogens (tertiary/aromatic N) is 3. The Morgan fingerprint density at radius 1 is 1.35 bits per heavy atom. The topological polar surface area (TPSA) is 75.2 Å². The maximum Gasteiger partial charge on any atom is 0.244 e. The molecule has 1 N–H and O–H groups in total. The zero-order valence-electron chi connectivity index (χ0n) is 13.2. The molecular weight excluding hydrogens is 312 g/mol. The number of hydrogen-bond acceptors (Lipinski definition) is 5. The second kappa shape index (κ2) is 5.47. The number of fused-ring (bicyclic) bond motifs is 1. The Bertz CT molecular complexity index is 674. The second-order valence-electron chi connectivity index (χ2n) is 6.58. The van der Waals surface area contributed by atoms with Gasteiger partial charge in [0.05, 0.1) is 0 Å². The minimum Gasteiger partial charge on any atom is -0.355 e. The van der Waals surface area contributed by atoms with Gasteiger partial charge in [-0.15, -0.1) is 0 Å². The summed E-state index contributed by atoms with van der Waals surface area (Å²) in [7, 11) is 0. The molecule has 0 unspecified atom stereocenters. The molecule has 2 aliphatic heterocycles. The smallest absolute Gasteiger partial charge is 0.244 e. The van der Waals surface area contributed by atoms with Crippen molar-refractivity contribution in [1.29, 1.82) is 0 Å². The zero-order valence-corrected chi connectivity index (χ0v) is 14.0. The number of hydrogen-bond donors (Lipinski definition) is 1. The van der Waals surface area contributed by atoms with Gasteiger partial charge in [-0.25, -0.2) is 9.97 Å². The minimum atomic E-state index is -0.945. The predicted molar refractivity (Wildman–Crippen MR) is 87.3 cm³/mol. The number of aromatic nitrogens is 2. The number of rotatable bonds is 2. The van der Waals surface area contributed by atoms with Gasteiger partial charge in [0, 0.05) is 30.8 Å². The summed E-state index contributed by atoms with van der Waals surface area (Å²) in [5, 5.41) is 3.52. The van der Waals surface area contributed by atoms with Crippen molar-refractivity contribution in [3.8, 4) is 0 Å². The van der Waals surface area contributed by atoms with Crippen LogP contribution in [0.2, 0.25) is 0 Å². The van der Waals surface area contributed by atoms with Crippen molar-refractivity contribution in [1.82, 2.24) is 15.3 Å². The van der Waals surface area contributed by atoms with Crippen LogP contribution in [0, 0.1) is 5.41 Å². The standard InChI is InChI=1S/C16H20N4O2S/c1-23-15-18-9-10-8-16(6-7-17-13(16)21)14(22)20(12(10)19-15)11-4-2-3-5-11/h9,11H,2-8H2,1H3,(H,17,21)/t16-/m0/s1. The van der Waals surface area contributed by atoms with Crippen molar-refractivity contribution in [3.63, 3.8) is 0 Å². The molecule has 4 rings (SSSR count). The summed E-state index contributed by atoms with van der Waals surface area (Å²) >= 11 is 1.47. The highest BCUT2D eigenvalue weighted by Crippen LogP contribution is 2.44. The summed E-state index contributed by atoms with van der Waals surface area (Å²) in [4.78, 5) is 36.6. The number of carbonyl (C=O) groups excluding carboxylic acids is 2. The molecule has 2 amide bonds. The fourth-order valence-corrected chi connectivity index (χ4v) is 4.42. The van der Waals surface area contributed by atoms with Gasteiger partial charge >= 0.3 is 0 Å². The van der Waals surface area contributed by atoms with E-state index in [-0.39, 0.29) is 17.9 Å². The Hall–Kier alpha value is -1.63. The first-order chi connectivity index (χ1) is 11.2. The lowest BCUT2D eigenvalue weighted by atomic mass is 9.76. The van der Waals surface area contributed by atoms with Crippen LogP contribution in [0.3, 0.4) is 0 Å². The molecule has 6 nitrogen and oxygen atoms in total. The van der Waals surface area contributed by atoms with E-state index in [9.17, 15) is 9.59 Å². The molecule has 1 aliphatic carbocycles. The van der Waals surface area contributed by atoms with Crippen LogP contribution < -0.4 is 10.2 Å². The lowest BCUT2D eigenvalue weighted by molar-refractivity contribution is -0.140. The molecule has 2 fully saturated rings. The predicted octanol–water partition coefficient (Wildman–Crippen LogP) is 1.54. The quantitative estimate of drug-likeness (QED) is 0.505. The molecule has 1 spiro atoms. The third kappa shape index (κ3) is 2.16. The average molecular weight is 332 g/mol. The SMILES string of the molecule is CSc1ncc2c(n1)N(C1CCCC1)C(=O)[C@@]1(CCNC1=O)C2. The van der Waals surface area contributed by atoms with Crippen LogP contribution >= 0.6 is 11.8 Å². The number of thioether (sulfide) groups is 1. The molecule has 0 aromatic carbocycles. The summed E-state index contributed by atoms with van der Waals surface area (Å²) in [6, 6.07) is 0.163. The Labute approximate surface area is 139 Å². The molecule has 7 heteroatoms. The van der Waals surface area contributed by atoms with Gasteiger partial charge in [-0.2, -0.15) is 0 Å². The highest BCUT2D eigenvalue weighted by molar-refractivity contribution is 7.98. The van der Waals surface area contributed by atoms with E-state index in [1.54, 1.807) is 6.20 Å². The highest BCUT2D eigenvalue weighted by atomic mass is 32.2. The first kappa shape index (κ1) is 14.9. The van der Waals surface area contributed by atoms with E-state index in [0.717, 1.165) is 37.1 Å². The number of carbonyl (C=O) groups is 2. The van der Waals surface area contributed by atoms with Crippen LogP contribution in [0.5, 0.6) is 0 Å². The molecule has 122 valence electrons. The molecule has 1 atom stereocenters. The number of amides is 2. The largest absolute Gasteiger partial charge is 0.355 e. The maximum atomic E-state index is 13.3. The summed E-state index contributed by atoms with van der Waals surface area (Å²) in [6.07, 6.45) is 8.95. The number of anilines is 1. The molecule has 1 aromatic rings. The van der Waals surface area contributed by atoms with E-state index >= 15 is 0 Å². The Morgan fingerprint density at radius 3 is 2.78 bits per heavy atom. The van der Waals surface area contributed by atoms with E-state index in [1.807, 2.05) is 11.2 Å². The van der Waals surface area contributed by atoms with E-state index < -0.39 is 5.41 Å². The number of nitrogens with one attached hydrogen (secondary N) is 1. The van der Waals surface area contributed by atoms with Crippen molar-refractivity contribution < 1.29 is 9.59 Å². The normalized spacial score (nSPS) is 27.6. The molecule has 0 radical (unpaired) electrons. The van der Waals surface area contributed by atoms with Crippen molar-refractivity contribution in [2.75, 3.05) is 17.7 Å². The molecule has 3 aliphatic rings. The van der Waals surface area contributed by atoms with E-state index in [4.69, 9.17) is 0 Å². The first-order valence-electron chi connectivity index (χ1n) is 8.17. The van der Waals surface area contributed by atoms with Gasteiger partial charge in [0.2, 0.25) is 11.8 Å². The molecular formula is C16H20N4O2S. The van der Waals surface area contributed by atoms with Crippen molar-refractivity contribution in [2.24, 2.45) is 5.41 Å². The van der Waals surface area contributed by atoms with Crippen molar-refractivity contribution in [3.05, 3.63) is 11.8 Å². The highest BCUT2D eigenvalue weighted by Gasteiger charge is 2.56. The third-order valence-corrected chi connectivity index (χ3v) is 5.87. The van der Waals surface area contributed by atoms with E-state index in [1.165, 1.54) is 11.8 Å². The fourth-order valence-electron chi connectivity index (χ4n) is 4.09. The van der Waals surface area contributed by atoms with E-state index in [0.29, 0.717) is 24.5 Å². The lowest BCUT2D eigenvalue weighted by Crippen LogP contribution is -2.56. The molecule has 1 aromatic heterocycles. The summed E-state index contributed by atoms with van der Waals surface area (Å²) in [5.74, 6) is 0.536. The van der Waals surface area contributed by atoms with Crippen LogP contribution in [0.4, 0.5) is 5.82 Å². The van der Waals surface area contributed by atoms with Gasteiger partial charge in [0.1, 0.15) is 11.2 Å². The summed E-state index contributed by atoms with van der Waals surface area (Å²) in [5.41, 5.74) is -0.0221. The van der Waals surface area contributed by atoms with E-state index in [2.05, 4.69) is 15.3 Å². The Morgan fingerprint density at radius 2 is 2.13 bits per heavy atom. The monoisotopic (exact) mass is 332 g/mol. The summed E-state index contributed by atoms with van der Waals surface area (Å²) < 4.78 is 0. The minimum absolute atomic E-state index is 0.0577. The van der Waals surface area contributed by atoms with Gasteiger partial charge in [-0.05, 0) is 25.5 Å². The fraction of sp³-hybridized carbons (Fsp3) is 0.625. The van der Waals surface area contributed by atoms with Gasteiger partial charge in [0.15, 0.2) is 5.16 Å². The summed E-state index contributed by atoms with van der Waals surface area (Å²) in [6.45, 7) is 0.572. The van der Waals surface area contributed by atoms with Crippen LogP contribution in [-0.4, -0.2) is 40.6 Å². The van der Waals surface area contributed by atoms with Crippen molar-refractivity contribution in [2.45, 2.75) is 49.7 Å². The molecule has 23 heavy (non-hydrogen) atoms. The van der Waals surface area contributed by atoms with Gasteiger partial charge in [-0.3, -0.25) is 14.5 Å². The zero-order chi connectivity index (χ0) is 16.0. The van der Waals surface area contributed by atoms with Crippen LogP contribution in [0.15, 0.2) is 11.4 Å². The average Bonchev–Trinajstić information content (AvgIpc) is 3.20. The van der Waals surface area contributed by atoms with Crippen LogP contribution in [0.1, 0.15) is 37.7 Å². The third-order valence-electron chi connectivity index (χ3n) is 5.31. The van der Waals surface area contributed by atoms with Crippen LogP contribution in [0.25, 0.3) is 0 Å². The van der Waals surface area contributed by atoms with Crippen molar-refractivity contribution >= 4 is 29.4 Å². The lowest BCUT2D eigenvalue weighted by Gasteiger charge is -2.40. The van der Waals surface area contributed by atoms with Gasteiger partial charge in [0.25, 0.3) is 0 Å². The van der Waals surface area contributed by atoms with Crippen LogP contribution in [-0.2, 0) is 16.0 Å². The first-order valence-corrected chi connectivity index (χ1v) is 9.40.